The number of phenolic OH excluding ortho intramolecular Hbond substituents is 2. The molecule has 134 valence electrons. The number of hydrogen-bond acceptors (Lipinski definition) is 5. The Morgan fingerprint density at radius 2 is 1.65 bits per heavy atom. The molecule has 0 spiro atoms. The van der Waals surface area contributed by atoms with E-state index in [1.807, 2.05) is 6.07 Å². The lowest BCUT2D eigenvalue weighted by molar-refractivity contribution is -0.130. The van der Waals surface area contributed by atoms with Crippen LogP contribution in [0.15, 0.2) is 54.1 Å². The number of urea groups is 1. The predicted molar refractivity (Wildman–Crippen MR) is 91.9 cm³/mol. The first-order chi connectivity index (χ1) is 12.0. The molecule has 0 aromatic heterocycles. The minimum atomic E-state index is -0.813. The lowest BCUT2D eigenvalue weighted by Crippen LogP contribution is -2.53. The number of carbonyl (C=O) groups excluding carboxylic acids is 3. The maximum Gasteiger partial charge on any atom is 0.331 e. The number of barbiturate groups is 1. The standard InChI is InChI=1S/C18H14N2O5.H2O/c21-14-7-6-12(9-15(14)22)8-13-16(23)19-18(25)20(17(13)24)10-11-4-2-1-3-5-11;/h1-9,21-22H,10H2,(H,19,23,25);1H2/b13-8+;. The van der Waals surface area contributed by atoms with Crippen LogP contribution in [0.1, 0.15) is 11.1 Å². The van der Waals surface area contributed by atoms with E-state index in [9.17, 15) is 24.6 Å². The van der Waals surface area contributed by atoms with Gasteiger partial charge in [0.15, 0.2) is 11.5 Å². The van der Waals surface area contributed by atoms with Gasteiger partial charge in [0, 0.05) is 0 Å². The number of carbonyl (C=O) groups is 3. The van der Waals surface area contributed by atoms with Gasteiger partial charge in [0.05, 0.1) is 6.54 Å². The van der Waals surface area contributed by atoms with E-state index in [4.69, 9.17) is 0 Å². The Labute approximate surface area is 148 Å². The van der Waals surface area contributed by atoms with Crippen LogP contribution in [-0.2, 0) is 16.1 Å². The van der Waals surface area contributed by atoms with Gasteiger partial charge in [-0.2, -0.15) is 0 Å². The summed E-state index contributed by atoms with van der Waals surface area (Å²) in [5.74, 6) is -2.24. The average Bonchev–Trinajstić information content (AvgIpc) is 2.59. The van der Waals surface area contributed by atoms with Crippen LogP contribution in [0.25, 0.3) is 6.08 Å². The molecule has 5 N–H and O–H groups in total. The molecule has 1 saturated heterocycles. The second-order valence-corrected chi connectivity index (χ2v) is 5.44. The molecule has 4 amide bonds. The number of amides is 4. The number of nitrogens with zero attached hydrogens (tertiary/aromatic N) is 1. The summed E-state index contributed by atoms with van der Waals surface area (Å²) >= 11 is 0. The summed E-state index contributed by atoms with van der Waals surface area (Å²) in [7, 11) is 0. The van der Waals surface area contributed by atoms with E-state index < -0.39 is 17.8 Å². The molecule has 0 aliphatic carbocycles. The van der Waals surface area contributed by atoms with Gasteiger partial charge >= 0.3 is 6.03 Å². The highest BCUT2D eigenvalue weighted by atomic mass is 16.3. The Hall–Kier alpha value is -3.65. The number of hydrogen-bond donors (Lipinski definition) is 3. The summed E-state index contributed by atoms with van der Waals surface area (Å²) in [4.78, 5) is 37.5. The third kappa shape index (κ3) is 3.70. The fraction of sp³-hybridized carbons (Fsp3) is 0.0556. The molecular formula is C18H16N2O6. The third-order valence-electron chi connectivity index (χ3n) is 3.68. The molecular weight excluding hydrogens is 340 g/mol. The topological polar surface area (TPSA) is 138 Å². The molecule has 8 nitrogen and oxygen atoms in total. The van der Waals surface area contributed by atoms with Crippen LogP contribution in [0.4, 0.5) is 4.79 Å². The summed E-state index contributed by atoms with van der Waals surface area (Å²) in [6.07, 6.45) is 1.25. The highest BCUT2D eigenvalue weighted by molar-refractivity contribution is 6.30. The Balaban J connectivity index is 0.00000243. The lowest BCUT2D eigenvalue weighted by Gasteiger charge is -2.26. The van der Waals surface area contributed by atoms with Crippen LogP contribution < -0.4 is 5.32 Å². The molecule has 2 aromatic carbocycles. The maximum atomic E-state index is 12.6. The Morgan fingerprint density at radius 3 is 2.31 bits per heavy atom. The summed E-state index contributed by atoms with van der Waals surface area (Å²) in [5, 5.41) is 21.0. The zero-order valence-electron chi connectivity index (χ0n) is 13.5. The quantitative estimate of drug-likeness (QED) is 0.427. The second-order valence-electron chi connectivity index (χ2n) is 5.44. The van der Waals surface area contributed by atoms with Crippen molar-refractivity contribution in [2.75, 3.05) is 0 Å². The average molecular weight is 356 g/mol. The van der Waals surface area contributed by atoms with E-state index in [1.54, 1.807) is 24.3 Å². The molecule has 0 atom stereocenters. The normalized spacial score (nSPS) is 15.6. The van der Waals surface area contributed by atoms with Gasteiger partial charge in [-0.1, -0.05) is 36.4 Å². The predicted octanol–water partition coefficient (Wildman–Crippen LogP) is 0.935. The third-order valence-corrected chi connectivity index (χ3v) is 3.68. The van der Waals surface area contributed by atoms with Crippen LogP contribution >= 0.6 is 0 Å². The van der Waals surface area contributed by atoms with Gasteiger partial charge in [-0.25, -0.2) is 4.79 Å². The van der Waals surface area contributed by atoms with Gasteiger partial charge in [-0.15, -0.1) is 0 Å². The van der Waals surface area contributed by atoms with Crippen molar-refractivity contribution >= 4 is 23.9 Å². The molecule has 8 heteroatoms. The monoisotopic (exact) mass is 356 g/mol. The molecule has 0 unspecified atom stereocenters. The molecule has 0 saturated carbocycles. The van der Waals surface area contributed by atoms with Crippen molar-refractivity contribution in [3.63, 3.8) is 0 Å². The lowest BCUT2D eigenvalue weighted by atomic mass is 10.1. The first-order valence-corrected chi connectivity index (χ1v) is 7.40. The summed E-state index contributed by atoms with van der Waals surface area (Å²) in [5.41, 5.74) is 0.838. The van der Waals surface area contributed by atoms with Gasteiger partial charge in [0.25, 0.3) is 11.8 Å². The molecule has 26 heavy (non-hydrogen) atoms. The van der Waals surface area contributed by atoms with E-state index in [-0.39, 0.29) is 29.1 Å². The summed E-state index contributed by atoms with van der Waals surface area (Å²) in [6.45, 7) is 0.0248. The number of imide groups is 2. The van der Waals surface area contributed by atoms with E-state index in [1.165, 1.54) is 24.3 Å². The molecule has 0 radical (unpaired) electrons. The molecule has 1 aliphatic rings. The van der Waals surface area contributed by atoms with Gasteiger partial charge in [-0.3, -0.25) is 19.8 Å². The Kier molecular flexibility index (Phi) is 5.39. The minimum absolute atomic E-state index is 0. The smallest absolute Gasteiger partial charge is 0.331 e. The van der Waals surface area contributed by atoms with Crippen molar-refractivity contribution in [1.82, 2.24) is 10.2 Å². The van der Waals surface area contributed by atoms with Crippen molar-refractivity contribution < 1.29 is 30.1 Å². The fourth-order valence-corrected chi connectivity index (χ4v) is 2.40. The number of rotatable bonds is 3. The molecule has 3 rings (SSSR count). The van der Waals surface area contributed by atoms with E-state index in [2.05, 4.69) is 5.32 Å². The SMILES string of the molecule is O.O=C1NC(=O)N(Cc2ccccc2)C(=O)/C1=C/c1ccc(O)c(O)c1. The number of phenols is 2. The van der Waals surface area contributed by atoms with E-state index >= 15 is 0 Å². The van der Waals surface area contributed by atoms with Crippen LogP contribution in [0.2, 0.25) is 0 Å². The van der Waals surface area contributed by atoms with Crippen molar-refractivity contribution in [3.8, 4) is 11.5 Å². The Morgan fingerprint density at radius 1 is 0.962 bits per heavy atom. The van der Waals surface area contributed by atoms with Crippen LogP contribution in [0.5, 0.6) is 11.5 Å². The van der Waals surface area contributed by atoms with Crippen LogP contribution in [-0.4, -0.2) is 38.4 Å². The van der Waals surface area contributed by atoms with Crippen LogP contribution in [0.3, 0.4) is 0 Å². The van der Waals surface area contributed by atoms with Crippen molar-refractivity contribution in [3.05, 3.63) is 65.2 Å². The molecule has 2 aromatic rings. The zero-order chi connectivity index (χ0) is 18.0. The zero-order valence-corrected chi connectivity index (χ0v) is 13.5. The molecule has 0 bridgehead atoms. The van der Waals surface area contributed by atoms with Gasteiger partial charge in [0.1, 0.15) is 5.57 Å². The van der Waals surface area contributed by atoms with Gasteiger partial charge in [0.2, 0.25) is 0 Å². The molecule has 1 fully saturated rings. The van der Waals surface area contributed by atoms with E-state index in [0.29, 0.717) is 5.56 Å². The largest absolute Gasteiger partial charge is 0.504 e. The van der Waals surface area contributed by atoms with Crippen molar-refractivity contribution in [2.45, 2.75) is 6.54 Å². The first kappa shape index (κ1) is 18.7. The molecule has 1 aliphatic heterocycles. The molecule has 1 heterocycles. The van der Waals surface area contributed by atoms with E-state index in [0.717, 1.165) is 10.5 Å². The summed E-state index contributed by atoms with van der Waals surface area (Å²) in [6, 6.07) is 12.0. The van der Waals surface area contributed by atoms with Crippen molar-refractivity contribution in [2.24, 2.45) is 0 Å². The van der Waals surface area contributed by atoms with Crippen LogP contribution in [0, 0.1) is 0 Å². The first-order valence-electron chi connectivity index (χ1n) is 7.40. The summed E-state index contributed by atoms with van der Waals surface area (Å²) < 4.78 is 0. The van der Waals surface area contributed by atoms with Crippen molar-refractivity contribution in [1.29, 1.82) is 0 Å². The number of nitrogens with one attached hydrogen (secondary N) is 1. The van der Waals surface area contributed by atoms with Gasteiger partial charge < -0.3 is 15.7 Å². The fourth-order valence-electron chi connectivity index (χ4n) is 2.40. The van der Waals surface area contributed by atoms with Gasteiger partial charge in [-0.05, 0) is 29.3 Å². The minimum Gasteiger partial charge on any atom is -0.504 e. The number of benzene rings is 2. The number of aromatic hydroxyl groups is 2. The second kappa shape index (κ2) is 7.49. The highest BCUT2D eigenvalue weighted by Gasteiger charge is 2.35. The Bertz CT molecular complexity index is 892. The highest BCUT2D eigenvalue weighted by Crippen LogP contribution is 2.26. The maximum absolute atomic E-state index is 12.6.